The van der Waals surface area contributed by atoms with E-state index in [1.165, 1.54) is 34.3 Å². The number of carbonyl (C=O) groups is 1. The highest BCUT2D eigenvalue weighted by molar-refractivity contribution is 5.75. The molecule has 2 aromatic rings. The standard InChI is InChI=1S/C17H15F2N5O/c18-14-2-1-3-16(9-14)23-11-24(21-20-23)17(25)22-7-6-12-8-15(19)5-4-13(12)10-22/h1-5,8-9H,6-7,10-11H2. The Hall–Kier alpha value is -3.03. The minimum Gasteiger partial charge on any atom is -0.318 e. The molecule has 0 N–H and O–H groups in total. The molecule has 128 valence electrons. The zero-order valence-electron chi connectivity index (χ0n) is 13.3. The summed E-state index contributed by atoms with van der Waals surface area (Å²) in [7, 11) is 0. The van der Waals surface area contributed by atoms with Crippen LogP contribution in [0.5, 0.6) is 0 Å². The van der Waals surface area contributed by atoms with Crippen molar-refractivity contribution in [3.05, 3.63) is 65.2 Å². The zero-order valence-corrected chi connectivity index (χ0v) is 13.3. The zero-order chi connectivity index (χ0) is 17.4. The van der Waals surface area contributed by atoms with Gasteiger partial charge in [0.15, 0.2) is 0 Å². The number of urea groups is 1. The third-order valence-electron chi connectivity index (χ3n) is 4.30. The van der Waals surface area contributed by atoms with E-state index in [1.807, 2.05) is 0 Å². The summed E-state index contributed by atoms with van der Waals surface area (Å²) in [6.07, 6.45) is 0.595. The molecular formula is C17H15F2N5O. The summed E-state index contributed by atoms with van der Waals surface area (Å²) in [5, 5.41) is 10.5. The molecule has 4 rings (SSSR count). The molecule has 0 atom stereocenters. The number of halogens is 2. The fourth-order valence-corrected chi connectivity index (χ4v) is 3.00. The first-order valence-electron chi connectivity index (χ1n) is 7.88. The largest absolute Gasteiger partial charge is 0.343 e. The van der Waals surface area contributed by atoms with Gasteiger partial charge in [0, 0.05) is 13.1 Å². The van der Waals surface area contributed by atoms with Crippen molar-refractivity contribution in [2.24, 2.45) is 10.4 Å². The van der Waals surface area contributed by atoms with E-state index in [0.29, 0.717) is 25.2 Å². The topological polar surface area (TPSA) is 51.5 Å². The molecule has 0 unspecified atom stereocenters. The van der Waals surface area contributed by atoms with E-state index in [2.05, 4.69) is 10.4 Å². The van der Waals surface area contributed by atoms with Crippen molar-refractivity contribution in [2.45, 2.75) is 13.0 Å². The van der Waals surface area contributed by atoms with Gasteiger partial charge in [-0.15, -0.1) is 0 Å². The highest BCUT2D eigenvalue weighted by Crippen LogP contribution is 2.24. The van der Waals surface area contributed by atoms with Gasteiger partial charge < -0.3 is 4.90 Å². The Morgan fingerprint density at radius 3 is 2.68 bits per heavy atom. The lowest BCUT2D eigenvalue weighted by Crippen LogP contribution is -2.44. The number of benzene rings is 2. The van der Waals surface area contributed by atoms with Gasteiger partial charge in [0.05, 0.1) is 5.69 Å². The van der Waals surface area contributed by atoms with Crippen molar-refractivity contribution in [1.29, 1.82) is 0 Å². The SMILES string of the molecule is O=C(N1CCc2cc(F)ccc2C1)N1CN(c2cccc(F)c2)N=N1. The Balaban J connectivity index is 1.44. The van der Waals surface area contributed by atoms with Crippen LogP contribution in [0.3, 0.4) is 0 Å². The number of carbonyl (C=O) groups excluding carboxylic acids is 1. The van der Waals surface area contributed by atoms with E-state index in [9.17, 15) is 13.6 Å². The normalized spacial score (nSPS) is 16.3. The maximum atomic E-state index is 13.3. The van der Waals surface area contributed by atoms with Crippen LogP contribution in [0, 0.1) is 11.6 Å². The van der Waals surface area contributed by atoms with Gasteiger partial charge in [0.1, 0.15) is 18.3 Å². The lowest BCUT2D eigenvalue weighted by molar-refractivity contribution is 0.153. The molecule has 0 spiro atoms. The van der Waals surface area contributed by atoms with Crippen molar-refractivity contribution < 1.29 is 13.6 Å². The van der Waals surface area contributed by atoms with Gasteiger partial charge in [-0.05, 0) is 58.3 Å². The number of rotatable bonds is 1. The van der Waals surface area contributed by atoms with Gasteiger partial charge in [-0.2, -0.15) is 5.01 Å². The first-order chi connectivity index (χ1) is 12.1. The molecule has 2 amide bonds. The molecular weight excluding hydrogens is 328 g/mol. The van der Waals surface area contributed by atoms with Gasteiger partial charge in [-0.1, -0.05) is 12.1 Å². The summed E-state index contributed by atoms with van der Waals surface area (Å²) in [5.74, 6) is -0.644. The summed E-state index contributed by atoms with van der Waals surface area (Å²) in [6.45, 7) is 1.01. The molecule has 6 nitrogen and oxygen atoms in total. The fraction of sp³-hybridized carbons (Fsp3) is 0.235. The molecule has 2 aliphatic heterocycles. The van der Waals surface area contributed by atoms with Gasteiger partial charge in [-0.25, -0.2) is 18.6 Å². The van der Waals surface area contributed by atoms with Gasteiger partial charge in [-0.3, -0.25) is 0 Å². The second-order valence-corrected chi connectivity index (χ2v) is 5.97. The molecule has 0 fully saturated rings. The third kappa shape index (κ3) is 3.02. The first kappa shape index (κ1) is 15.5. The maximum absolute atomic E-state index is 13.3. The first-order valence-corrected chi connectivity index (χ1v) is 7.88. The van der Waals surface area contributed by atoms with Crippen molar-refractivity contribution in [3.63, 3.8) is 0 Å². The number of nitrogens with zero attached hydrogens (tertiary/aromatic N) is 5. The molecule has 25 heavy (non-hydrogen) atoms. The Bertz CT molecular complexity index is 857. The van der Waals surface area contributed by atoms with Crippen LogP contribution in [0.4, 0.5) is 19.3 Å². The average molecular weight is 343 g/mol. The van der Waals surface area contributed by atoms with Crippen LogP contribution in [0.1, 0.15) is 11.1 Å². The van der Waals surface area contributed by atoms with Crippen molar-refractivity contribution in [1.82, 2.24) is 9.91 Å². The molecule has 8 heteroatoms. The summed E-state index contributed by atoms with van der Waals surface area (Å²) in [5.41, 5.74) is 2.38. The smallest absolute Gasteiger partial charge is 0.318 e. The Labute approximate surface area is 142 Å². The van der Waals surface area contributed by atoms with Gasteiger partial charge in [0.25, 0.3) is 0 Å². The molecule has 0 saturated heterocycles. The Morgan fingerprint density at radius 1 is 1.00 bits per heavy atom. The summed E-state index contributed by atoms with van der Waals surface area (Å²) in [6, 6.07) is 10.3. The lowest BCUT2D eigenvalue weighted by atomic mass is 10.00. The summed E-state index contributed by atoms with van der Waals surface area (Å²) < 4.78 is 26.6. The van der Waals surface area contributed by atoms with Crippen LogP contribution in [-0.2, 0) is 13.0 Å². The summed E-state index contributed by atoms with van der Waals surface area (Å²) >= 11 is 0. The number of fused-ring (bicyclic) bond motifs is 1. The summed E-state index contributed by atoms with van der Waals surface area (Å²) in [4.78, 5) is 14.3. The van der Waals surface area contributed by atoms with Crippen LogP contribution in [0.25, 0.3) is 0 Å². The Kier molecular flexibility index (Phi) is 3.79. The van der Waals surface area contributed by atoms with Crippen molar-refractivity contribution in [2.75, 3.05) is 18.2 Å². The van der Waals surface area contributed by atoms with E-state index in [0.717, 1.165) is 11.1 Å². The predicted molar refractivity (Wildman–Crippen MR) is 86.4 cm³/mol. The number of hydrogen-bond acceptors (Lipinski definition) is 4. The van der Waals surface area contributed by atoms with Crippen LogP contribution < -0.4 is 5.01 Å². The molecule has 2 aromatic carbocycles. The van der Waals surface area contributed by atoms with Gasteiger partial charge >= 0.3 is 6.03 Å². The van der Waals surface area contributed by atoms with Gasteiger partial charge in [0.2, 0.25) is 0 Å². The third-order valence-corrected chi connectivity index (χ3v) is 4.30. The molecule has 0 aliphatic carbocycles. The molecule has 2 aliphatic rings. The van der Waals surface area contributed by atoms with E-state index in [1.54, 1.807) is 23.1 Å². The van der Waals surface area contributed by atoms with E-state index >= 15 is 0 Å². The molecule has 0 aromatic heterocycles. The second kappa shape index (κ2) is 6.12. The number of hydrogen-bond donors (Lipinski definition) is 0. The maximum Gasteiger partial charge on any atom is 0.343 e. The minimum absolute atomic E-state index is 0.120. The fourth-order valence-electron chi connectivity index (χ4n) is 3.00. The van der Waals surface area contributed by atoms with Crippen LogP contribution in [-0.4, -0.2) is 29.2 Å². The lowest BCUT2D eigenvalue weighted by Gasteiger charge is -2.30. The van der Waals surface area contributed by atoms with E-state index < -0.39 is 0 Å². The molecule has 0 saturated carbocycles. The van der Waals surface area contributed by atoms with E-state index in [4.69, 9.17) is 0 Å². The molecule has 0 bridgehead atoms. The van der Waals surface area contributed by atoms with Crippen LogP contribution in [0.2, 0.25) is 0 Å². The highest BCUT2D eigenvalue weighted by atomic mass is 19.1. The molecule has 0 radical (unpaired) electrons. The minimum atomic E-state index is -0.377. The van der Waals surface area contributed by atoms with Crippen LogP contribution in [0.15, 0.2) is 52.9 Å². The number of anilines is 1. The monoisotopic (exact) mass is 343 g/mol. The number of amides is 2. The van der Waals surface area contributed by atoms with Crippen molar-refractivity contribution >= 4 is 11.7 Å². The predicted octanol–water partition coefficient (Wildman–Crippen LogP) is 3.50. The van der Waals surface area contributed by atoms with Crippen LogP contribution >= 0.6 is 0 Å². The molecule has 2 heterocycles. The van der Waals surface area contributed by atoms with E-state index in [-0.39, 0.29) is 24.3 Å². The quantitative estimate of drug-likeness (QED) is 0.796. The average Bonchev–Trinajstić information content (AvgIpc) is 3.11. The Morgan fingerprint density at radius 2 is 1.84 bits per heavy atom. The second-order valence-electron chi connectivity index (χ2n) is 5.97. The highest BCUT2D eigenvalue weighted by Gasteiger charge is 2.29. The van der Waals surface area contributed by atoms with Crippen molar-refractivity contribution in [3.8, 4) is 0 Å².